The molecule has 0 aliphatic rings. The summed E-state index contributed by atoms with van der Waals surface area (Å²) < 4.78 is 20.3. The summed E-state index contributed by atoms with van der Waals surface area (Å²) in [5, 5.41) is 0.962. The Bertz CT molecular complexity index is 385. The second-order valence-corrected chi connectivity index (χ2v) is 5.45. The highest BCUT2D eigenvalue weighted by Crippen LogP contribution is 2.38. The van der Waals surface area contributed by atoms with Crippen molar-refractivity contribution in [3.63, 3.8) is 0 Å². The second-order valence-electron chi connectivity index (χ2n) is 4.69. The van der Waals surface area contributed by atoms with Crippen LogP contribution in [0.5, 0.6) is 5.75 Å². The van der Waals surface area contributed by atoms with Gasteiger partial charge in [0.1, 0.15) is 0 Å². The molecule has 1 aromatic rings. The minimum atomic E-state index is 0.0655. The third-order valence-corrected chi connectivity index (χ3v) is 3.54. The molecule has 20 heavy (non-hydrogen) atoms. The van der Waals surface area contributed by atoms with Gasteiger partial charge in [-0.25, -0.2) is 0 Å². The van der Waals surface area contributed by atoms with Gasteiger partial charge in [-0.05, 0) is 31.8 Å². The minimum Gasteiger partial charge on any atom is -0.484 e. The first kappa shape index (κ1) is 17.0. The second kappa shape index (κ2) is 8.99. The van der Waals surface area contributed by atoms with Crippen molar-refractivity contribution in [2.75, 3.05) is 51.2 Å². The molecular weight excluding hydrogens is 278 g/mol. The molecule has 0 aliphatic heterocycles. The number of nitrogens with two attached hydrogens (primary N) is 1. The van der Waals surface area contributed by atoms with Crippen molar-refractivity contribution < 1.29 is 14.2 Å². The maximum absolute atomic E-state index is 5.90. The summed E-state index contributed by atoms with van der Waals surface area (Å²) in [6.07, 6.45) is 0.995. The lowest BCUT2D eigenvalue weighted by Crippen LogP contribution is -2.29. The summed E-state index contributed by atoms with van der Waals surface area (Å²) in [6.45, 7) is 6.95. The van der Waals surface area contributed by atoms with Crippen LogP contribution >= 0.6 is 11.5 Å². The fraction of sp³-hybridized carbons (Fsp3) is 0.769. The molecule has 0 saturated carbocycles. The topological polar surface area (TPSA) is 69.8 Å². The van der Waals surface area contributed by atoms with Crippen LogP contribution in [0.1, 0.15) is 20.3 Å². The van der Waals surface area contributed by atoms with Crippen molar-refractivity contribution in [1.29, 1.82) is 0 Å². The van der Waals surface area contributed by atoms with E-state index in [9.17, 15) is 0 Å². The quantitative estimate of drug-likeness (QED) is 0.667. The number of nitrogen functional groups attached to an aromatic ring is 1. The van der Waals surface area contributed by atoms with Gasteiger partial charge in [0, 0.05) is 33.9 Å². The fourth-order valence-corrected chi connectivity index (χ4v) is 2.55. The van der Waals surface area contributed by atoms with E-state index in [1.54, 1.807) is 14.2 Å². The summed E-state index contributed by atoms with van der Waals surface area (Å²) in [4.78, 5) is 2.19. The maximum Gasteiger partial charge on any atom is 0.198 e. The third-order valence-electron chi connectivity index (χ3n) is 2.64. The molecule has 0 amide bonds. The summed E-state index contributed by atoms with van der Waals surface area (Å²) in [5.74, 6) is 1.13. The number of anilines is 2. The first-order chi connectivity index (χ1) is 9.60. The van der Waals surface area contributed by atoms with Crippen molar-refractivity contribution >= 4 is 22.4 Å². The zero-order valence-electron chi connectivity index (χ0n) is 12.7. The number of hydrogen-bond donors (Lipinski definition) is 1. The normalized spacial score (nSPS) is 11.1. The fourth-order valence-electron chi connectivity index (χ4n) is 1.75. The number of hydrogen-bond acceptors (Lipinski definition) is 7. The molecule has 0 saturated heterocycles. The standard InChI is InChI=1S/C13H25N3O3S/c1-10(2)19-11-12(14)15-20-13(11)16(7-9-18-4)6-5-8-17-3/h10H,5-9H2,1-4H3,(H2,14,15). The first-order valence-electron chi connectivity index (χ1n) is 6.74. The number of methoxy groups -OCH3 is 2. The zero-order valence-corrected chi connectivity index (χ0v) is 13.5. The molecule has 0 fully saturated rings. The molecule has 7 heteroatoms. The van der Waals surface area contributed by atoms with Gasteiger partial charge < -0.3 is 24.8 Å². The van der Waals surface area contributed by atoms with E-state index < -0.39 is 0 Å². The van der Waals surface area contributed by atoms with Crippen LogP contribution in [0.15, 0.2) is 0 Å². The summed E-state index contributed by atoms with van der Waals surface area (Å²) >= 11 is 1.36. The number of ether oxygens (including phenoxy) is 3. The van der Waals surface area contributed by atoms with Crippen LogP contribution in [-0.4, -0.2) is 51.0 Å². The summed E-state index contributed by atoms with van der Waals surface area (Å²) in [7, 11) is 3.40. The Morgan fingerprint density at radius 1 is 1.20 bits per heavy atom. The van der Waals surface area contributed by atoms with Crippen molar-refractivity contribution in [1.82, 2.24) is 4.37 Å². The van der Waals surface area contributed by atoms with E-state index in [2.05, 4.69) is 9.27 Å². The Balaban J connectivity index is 2.82. The summed E-state index contributed by atoms with van der Waals surface area (Å²) in [5.41, 5.74) is 5.90. The van der Waals surface area contributed by atoms with Gasteiger partial charge in [0.15, 0.2) is 16.6 Å². The van der Waals surface area contributed by atoms with Gasteiger partial charge >= 0.3 is 0 Å². The molecule has 6 nitrogen and oxygen atoms in total. The average molecular weight is 303 g/mol. The number of aromatic nitrogens is 1. The molecule has 1 aromatic heterocycles. The largest absolute Gasteiger partial charge is 0.484 e. The van der Waals surface area contributed by atoms with E-state index in [1.165, 1.54) is 11.5 Å². The molecule has 0 atom stereocenters. The lowest BCUT2D eigenvalue weighted by atomic mass is 10.3. The lowest BCUT2D eigenvalue weighted by Gasteiger charge is -2.24. The van der Waals surface area contributed by atoms with Gasteiger partial charge in [0.05, 0.1) is 12.7 Å². The molecule has 2 N–H and O–H groups in total. The van der Waals surface area contributed by atoms with Crippen LogP contribution in [-0.2, 0) is 9.47 Å². The molecule has 0 radical (unpaired) electrons. The zero-order chi connectivity index (χ0) is 15.0. The molecular formula is C13H25N3O3S. The van der Waals surface area contributed by atoms with E-state index in [1.807, 2.05) is 13.8 Å². The van der Waals surface area contributed by atoms with Gasteiger partial charge in [0.25, 0.3) is 0 Å². The molecule has 1 heterocycles. The van der Waals surface area contributed by atoms with E-state index >= 15 is 0 Å². The predicted molar refractivity (Wildman–Crippen MR) is 82.9 cm³/mol. The van der Waals surface area contributed by atoms with Crippen LogP contribution in [0.25, 0.3) is 0 Å². The predicted octanol–water partition coefficient (Wildman–Crippen LogP) is 2.00. The number of nitrogens with zero attached hydrogens (tertiary/aromatic N) is 2. The van der Waals surface area contributed by atoms with Crippen LogP contribution in [0.4, 0.5) is 10.8 Å². The maximum atomic E-state index is 5.90. The Kier molecular flexibility index (Phi) is 7.64. The molecule has 0 spiro atoms. The average Bonchev–Trinajstić information content (AvgIpc) is 2.75. The third kappa shape index (κ3) is 5.15. The van der Waals surface area contributed by atoms with Gasteiger partial charge in [-0.1, -0.05) is 0 Å². The molecule has 0 bridgehead atoms. The van der Waals surface area contributed by atoms with Gasteiger partial charge in [-0.2, -0.15) is 4.37 Å². The van der Waals surface area contributed by atoms with E-state index in [-0.39, 0.29) is 6.10 Å². The van der Waals surface area contributed by atoms with Crippen molar-refractivity contribution in [2.24, 2.45) is 0 Å². The Labute approximate surface area is 125 Å². The smallest absolute Gasteiger partial charge is 0.198 e. The Morgan fingerprint density at radius 2 is 1.90 bits per heavy atom. The van der Waals surface area contributed by atoms with Gasteiger partial charge in [-0.15, -0.1) is 0 Å². The number of rotatable bonds is 10. The SMILES string of the molecule is COCCCN(CCOC)c1snc(N)c1OC(C)C. The lowest BCUT2D eigenvalue weighted by molar-refractivity contribution is 0.190. The highest BCUT2D eigenvalue weighted by molar-refractivity contribution is 7.11. The van der Waals surface area contributed by atoms with Crippen LogP contribution in [0.3, 0.4) is 0 Å². The van der Waals surface area contributed by atoms with Crippen molar-refractivity contribution in [3.05, 3.63) is 0 Å². The Hall–Kier alpha value is -1.05. The molecule has 0 aliphatic carbocycles. The van der Waals surface area contributed by atoms with Crippen LogP contribution in [0, 0.1) is 0 Å². The van der Waals surface area contributed by atoms with Crippen LogP contribution < -0.4 is 15.4 Å². The molecule has 116 valence electrons. The van der Waals surface area contributed by atoms with Crippen molar-refractivity contribution in [2.45, 2.75) is 26.4 Å². The summed E-state index contributed by atoms with van der Waals surface area (Å²) in [6, 6.07) is 0. The highest BCUT2D eigenvalue weighted by Gasteiger charge is 2.20. The molecule has 1 rings (SSSR count). The molecule has 0 unspecified atom stereocenters. The monoisotopic (exact) mass is 303 g/mol. The highest BCUT2D eigenvalue weighted by atomic mass is 32.1. The van der Waals surface area contributed by atoms with Crippen LogP contribution in [0.2, 0.25) is 0 Å². The minimum absolute atomic E-state index is 0.0655. The van der Waals surface area contributed by atoms with Gasteiger partial charge in [0.2, 0.25) is 0 Å². The van der Waals surface area contributed by atoms with E-state index in [0.29, 0.717) is 18.2 Å². The van der Waals surface area contributed by atoms with E-state index in [0.717, 1.165) is 31.1 Å². The van der Waals surface area contributed by atoms with Crippen molar-refractivity contribution in [3.8, 4) is 5.75 Å². The Morgan fingerprint density at radius 3 is 2.50 bits per heavy atom. The molecule has 0 aromatic carbocycles. The van der Waals surface area contributed by atoms with E-state index in [4.69, 9.17) is 19.9 Å². The van der Waals surface area contributed by atoms with Gasteiger partial charge in [-0.3, -0.25) is 0 Å². The first-order valence-corrected chi connectivity index (χ1v) is 7.52.